The Labute approximate surface area is 129 Å². The second-order valence-corrected chi connectivity index (χ2v) is 6.22. The third kappa shape index (κ3) is 3.72. The lowest BCUT2D eigenvalue weighted by atomic mass is 10.2. The van der Waals surface area contributed by atoms with Gasteiger partial charge in [-0.25, -0.2) is 0 Å². The largest absolute Gasteiger partial charge is 0.337 e. The number of nitrogens with two attached hydrogens (primary N) is 1. The first-order valence-corrected chi connectivity index (χ1v) is 8.22. The average Bonchev–Trinajstić information content (AvgIpc) is 2.89. The van der Waals surface area contributed by atoms with Gasteiger partial charge >= 0.3 is 0 Å². The summed E-state index contributed by atoms with van der Waals surface area (Å²) in [5.74, 6) is 1.95. The molecule has 0 aliphatic carbocycles. The summed E-state index contributed by atoms with van der Waals surface area (Å²) >= 11 is 11.1. The van der Waals surface area contributed by atoms with Gasteiger partial charge in [0.25, 0.3) is 0 Å². The minimum absolute atomic E-state index is 0.218. The van der Waals surface area contributed by atoms with Gasteiger partial charge in [0, 0.05) is 10.0 Å². The van der Waals surface area contributed by atoms with Crippen molar-refractivity contribution in [2.75, 3.05) is 12.0 Å². The molecule has 0 radical (unpaired) electrons. The lowest BCUT2D eigenvalue weighted by Gasteiger charge is -2.03. The van der Waals surface area contributed by atoms with Gasteiger partial charge in [0.05, 0.1) is 11.1 Å². The molecule has 0 saturated carbocycles. The number of halogens is 2. The lowest BCUT2D eigenvalue weighted by molar-refractivity contribution is 0.353. The van der Waals surface area contributed by atoms with E-state index >= 15 is 0 Å². The maximum Gasteiger partial charge on any atom is 0.243 e. The van der Waals surface area contributed by atoms with Crippen molar-refractivity contribution in [3.63, 3.8) is 0 Å². The van der Waals surface area contributed by atoms with Crippen molar-refractivity contribution in [3.8, 4) is 11.4 Å². The van der Waals surface area contributed by atoms with E-state index in [9.17, 15) is 0 Å². The van der Waals surface area contributed by atoms with Gasteiger partial charge in [-0.15, -0.1) is 0 Å². The van der Waals surface area contributed by atoms with E-state index in [1.165, 1.54) is 0 Å². The van der Waals surface area contributed by atoms with Crippen LogP contribution in [-0.4, -0.2) is 22.1 Å². The van der Waals surface area contributed by atoms with E-state index in [0.717, 1.165) is 22.2 Å². The highest BCUT2D eigenvalue weighted by Crippen LogP contribution is 2.28. The second-order valence-electron chi connectivity index (χ2n) is 3.97. The van der Waals surface area contributed by atoms with Crippen LogP contribution < -0.4 is 5.73 Å². The Morgan fingerprint density at radius 1 is 1.53 bits per heavy atom. The second kappa shape index (κ2) is 6.74. The molecule has 0 amide bonds. The summed E-state index contributed by atoms with van der Waals surface area (Å²) in [6, 6.07) is 5.26. The summed E-state index contributed by atoms with van der Waals surface area (Å²) in [6.45, 7) is 0. The molecule has 19 heavy (non-hydrogen) atoms. The van der Waals surface area contributed by atoms with E-state index in [1.807, 2.05) is 18.4 Å². The average molecular weight is 363 g/mol. The quantitative estimate of drug-likeness (QED) is 0.873. The van der Waals surface area contributed by atoms with Crippen LogP contribution in [0.25, 0.3) is 11.4 Å². The monoisotopic (exact) mass is 361 g/mol. The fourth-order valence-electron chi connectivity index (χ4n) is 1.51. The van der Waals surface area contributed by atoms with Crippen LogP contribution in [0.3, 0.4) is 0 Å². The van der Waals surface area contributed by atoms with Gasteiger partial charge < -0.3 is 10.3 Å². The van der Waals surface area contributed by atoms with E-state index in [0.29, 0.717) is 16.7 Å². The molecule has 0 fully saturated rings. The fourth-order valence-corrected chi connectivity index (χ4v) is 2.49. The first kappa shape index (κ1) is 14.8. The van der Waals surface area contributed by atoms with Gasteiger partial charge in [-0.1, -0.05) is 16.8 Å². The maximum atomic E-state index is 5.99. The minimum atomic E-state index is -0.218. The normalized spacial score (nSPS) is 12.6. The van der Waals surface area contributed by atoms with Gasteiger partial charge in [-0.3, -0.25) is 0 Å². The molecule has 1 aromatic carbocycles. The summed E-state index contributed by atoms with van der Waals surface area (Å²) < 4.78 is 6.00. The minimum Gasteiger partial charge on any atom is -0.337 e. The van der Waals surface area contributed by atoms with Gasteiger partial charge in [0.1, 0.15) is 0 Å². The van der Waals surface area contributed by atoms with Gasteiger partial charge in [0.15, 0.2) is 0 Å². The summed E-state index contributed by atoms with van der Waals surface area (Å²) in [6.07, 6.45) is 2.85. The molecule has 102 valence electrons. The molecule has 0 aliphatic heterocycles. The van der Waals surface area contributed by atoms with Crippen LogP contribution in [0.15, 0.2) is 27.2 Å². The number of rotatable bonds is 5. The summed E-state index contributed by atoms with van der Waals surface area (Å²) in [5, 5.41) is 4.59. The predicted molar refractivity (Wildman–Crippen MR) is 82.4 cm³/mol. The number of hydrogen-bond acceptors (Lipinski definition) is 5. The smallest absolute Gasteiger partial charge is 0.243 e. The molecule has 7 heteroatoms. The van der Waals surface area contributed by atoms with Crippen molar-refractivity contribution in [2.45, 2.75) is 12.5 Å². The topological polar surface area (TPSA) is 64.9 Å². The molecule has 0 saturated heterocycles. The van der Waals surface area contributed by atoms with Crippen molar-refractivity contribution in [1.82, 2.24) is 10.1 Å². The predicted octanol–water partition coefficient (Wildman–Crippen LogP) is 3.91. The number of nitrogens with zero attached hydrogens (tertiary/aromatic N) is 2. The fraction of sp³-hybridized carbons (Fsp3) is 0.333. The summed E-state index contributed by atoms with van der Waals surface area (Å²) in [5.41, 5.74) is 6.82. The Kier molecular flexibility index (Phi) is 5.27. The van der Waals surface area contributed by atoms with Crippen molar-refractivity contribution in [1.29, 1.82) is 0 Å². The molecule has 1 aromatic heterocycles. The molecular weight excluding hydrogens is 350 g/mol. The maximum absolute atomic E-state index is 5.99. The summed E-state index contributed by atoms with van der Waals surface area (Å²) in [7, 11) is 0. The molecule has 2 aromatic rings. The third-order valence-electron chi connectivity index (χ3n) is 2.57. The van der Waals surface area contributed by atoms with Crippen LogP contribution >= 0.6 is 39.3 Å². The summed E-state index contributed by atoms with van der Waals surface area (Å²) in [4.78, 5) is 4.33. The Morgan fingerprint density at radius 3 is 3.00 bits per heavy atom. The van der Waals surface area contributed by atoms with Crippen LogP contribution in [0.5, 0.6) is 0 Å². The molecule has 0 aliphatic rings. The first-order valence-electron chi connectivity index (χ1n) is 5.65. The van der Waals surface area contributed by atoms with E-state index in [4.69, 9.17) is 21.9 Å². The Morgan fingerprint density at radius 2 is 2.32 bits per heavy atom. The van der Waals surface area contributed by atoms with Crippen LogP contribution in [0.2, 0.25) is 5.02 Å². The zero-order chi connectivity index (χ0) is 13.8. The Bertz CT molecular complexity index is 564. The number of thioether (sulfide) groups is 1. The highest BCUT2D eigenvalue weighted by molar-refractivity contribution is 9.10. The molecule has 0 unspecified atom stereocenters. The molecular formula is C12H13BrClN3OS. The standard InChI is InChI=1S/C12H13BrClN3OS/c1-19-5-4-10(15)12-16-11(17-18-12)7-2-3-9(14)8(13)6-7/h2-3,6,10H,4-5,15H2,1H3/t10-/m1/s1. The van der Waals surface area contributed by atoms with Crippen molar-refractivity contribution in [3.05, 3.63) is 33.6 Å². The van der Waals surface area contributed by atoms with Gasteiger partial charge in [-0.05, 0) is 52.6 Å². The van der Waals surface area contributed by atoms with Crippen LogP contribution in [-0.2, 0) is 0 Å². The van der Waals surface area contributed by atoms with Crippen molar-refractivity contribution in [2.24, 2.45) is 5.73 Å². The number of hydrogen-bond donors (Lipinski definition) is 1. The van der Waals surface area contributed by atoms with E-state index in [-0.39, 0.29) is 6.04 Å². The highest BCUT2D eigenvalue weighted by Gasteiger charge is 2.15. The molecule has 2 rings (SSSR count). The zero-order valence-corrected chi connectivity index (χ0v) is 13.4. The van der Waals surface area contributed by atoms with E-state index in [1.54, 1.807) is 17.8 Å². The zero-order valence-electron chi connectivity index (χ0n) is 10.3. The third-order valence-corrected chi connectivity index (χ3v) is 4.43. The Balaban J connectivity index is 2.18. The first-order chi connectivity index (χ1) is 9.11. The molecule has 1 atom stereocenters. The lowest BCUT2D eigenvalue weighted by Crippen LogP contribution is -2.11. The van der Waals surface area contributed by atoms with Crippen LogP contribution in [0.4, 0.5) is 0 Å². The van der Waals surface area contributed by atoms with E-state index < -0.39 is 0 Å². The van der Waals surface area contributed by atoms with Gasteiger partial charge in [0.2, 0.25) is 11.7 Å². The van der Waals surface area contributed by atoms with Crippen molar-refractivity contribution < 1.29 is 4.52 Å². The molecule has 4 nitrogen and oxygen atoms in total. The van der Waals surface area contributed by atoms with Crippen molar-refractivity contribution >= 4 is 39.3 Å². The van der Waals surface area contributed by atoms with Gasteiger partial charge in [-0.2, -0.15) is 16.7 Å². The molecule has 1 heterocycles. The molecule has 0 spiro atoms. The molecule has 0 bridgehead atoms. The SMILES string of the molecule is CSCC[C@@H](N)c1nc(-c2ccc(Cl)c(Br)c2)no1. The number of benzene rings is 1. The van der Waals surface area contributed by atoms with E-state index in [2.05, 4.69) is 26.1 Å². The molecule has 2 N–H and O–H groups in total. The van der Waals surface area contributed by atoms with Crippen LogP contribution in [0.1, 0.15) is 18.4 Å². The Hall–Kier alpha value is -0.560. The highest BCUT2D eigenvalue weighted by atomic mass is 79.9. The van der Waals surface area contributed by atoms with Crippen LogP contribution in [0, 0.1) is 0 Å². The number of aromatic nitrogens is 2.